The number of oxime groups is 1. The summed E-state index contributed by atoms with van der Waals surface area (Å²) in [7, 11) is 0. The Morgan fingerprint density at radius 3 is 2.55 bits per heavy atom. The second-order valence-electron chi connectivity index (χ2n) is 4.62. The Hall–Kier alpha value is -2.82. The van der Waals surface area contributed by atoms with Gasteiger partial charge in [-0.2, -0.15) is 0 Å². The van der Waals surface area contributed by atoms with Gasteiger partial charge in [-0.1, -0.05) is 23.4 Å². The average molecular weight is 298 g/mol. The van der Waals surface area contributed by atoms with Crippen LogP contribution in [-0.2, 0) is 0 Å². The highest BCUT2D eigenvalue weighted by Crippen LogP contribution is 2.29. The lowest BCUT2D eigenvalue weighted by molar-refractivity contribution is 0.318. The molecule has 2 aromatic carbocycles. The largest absolute Gasteiger partial charge is 0.504 e. The minimum absolute atomic E-state index is 0.0768. The summed E-state index contributed by atoms with van der Waals surface area (Å²) in [6, 6.07) is 12.5. The van der Waals surface area contributed by atoms with E-state index in [-0.39, 0.29) is 5.75 Å². The monoisotopic (exact) mass is 298 g/mol. The van der Waals surface area contributed by atoms with Crippen LogP contribution in [0.15, 0.2) is 52.6 Å². The van der Waals surface area contributed by atoms with Crippen LogP contribution < -0.4 is 4.74 Å². The second kappa shape index (κ2) is 7.26. The summed E-state index contributed by atoms with van der Waals surface area (Å²) in [4.78, 5) is 4.32. The minimum Gasteiger partial charge on any atom is -0.504 e. The average Bonchev–Trinajstić information content (AvgIpc) is 2.55. The van der Waals surface area contributed by atoms with E-state index in [4.69, 9.17) is 9.94 Å². The molecule has 0 aliphatic rings. The van der Waals surface area contributed by atoms with Gasteiger partial charge < -0.3 is 15.1 Å². The van der Waals surface area contributed by atoms with E-state index >= 15 is 0 Å². The maximum Gasteiger partial charge on any atom is 0.166 e. The van der Waals surface area contributed by atoms with Crippen molar-refractivity contribution in [3.8, 4) is 11.5 Å². The first kappa shape index (κ1) is 15.6. The fraction of sp³-hybridized carbons (Fsp3) is 0.176. The molecule has 0 aliphatic heterocycles. The van der Waals surface area contributed by atoms with Crippen LogP contribution in [0.4, 0.5) is 5.69 Å². The molecule has 0 fully saturated rings. The van der Waals surface area contributed by atoms with E-state index in [1.54, 1.807) is 31.3 Å². The molecule has 2 rings (SSSR count). The zero-order valence-corrected chi connectivity index (χ0v) is 12.5. The summed E-state index contributed by atoms with van der Waals surface area (Å²) in [6.45, 7) is 4.07. The quantitative estimate of drug-likeness (QED) is 0.501. The number of hydrogen-bond donors (Lipinski definition) is 2. The van der Waals surface area contributed by atoms with E-state index in [9.17, 15) is 5.11 Å². The van der Waals surface area contributed by atoms with Crippen molar-refractivity contribution in [1.29, 1.82) is 0 Å². The van der Waals surface area contributed by atoms with Gasteiger partial charge in [0.05, 0.1) is 18.0 Å². The third kappa shape index (κ3) is 3.63. The third-order valence-corrected chi connectivity index (χ3v) is 3.12. The third-order valence-electron chi connectivity index (χ3n) is 3.12. The van der Waals surface area contributed by atoms with Crippen molar-refractivity contribution in [2.45, 2.75) is 13.8 Å². The summed E-state index contributed by atoms with van der Waals surface area (Å²) >= 11 is 0. The topological polar surface area (TPSA) is 74.4 Å². The van der Waals surface area contributed by atoms with Gasteiger partial charge in [0.2, 0.25) is 0 Å². The molecule has 5 nitrogen and oxygen atoms in total. The van der Waals surface area contributed by atoms with Crippen LogP contribution in [0.3, 0.4) is 0 Å². The minimum atomic E-state index is 0.0768. The summed E-state index contributed by atoms with van der Waals surface area (Å²) in [5.74, 6) is 0.518. The molecule has 0 saturated heterocycles. The Kier molecular flexibility index (Phi) is 5.14. The number of nitrogens with zero attached hydrogens (tertiary/aromatic N) is 2. The molecule has 2 aromatic rings. The molecule has 0 amide bonds. The fourth-order valence-corrected chi connectivity index (χ4v) is 1.91. The Bertz CT molecular complexity index is 692. The Labute approximate surface area is 129 Å². The van der Waals surface area contributed by atoms with Crippen LogP contribution in [-0.4, -0.2) is 28.8 Å². The van der Waals surface area contributed by atoms with Crippen molar-refractivity contribution in [3.05, 3.63) is 53.6 Å². The van der Waals surface area contributed by atoms with Gasteiger partial charge in [0.1, 0.15) is 0 Å². The van der Waals surface area contributed by atoms with Crippen LogP contribution in [0.25, 0.3) is 0 Å². The Morgan fingerprint density at radius 2 is 1.91 bits per heavy atom. The molecule has 2 N–H and O–H groups in total. The van der Waals surface area contributed by atoms with Crippen molar-refractivity contribution < 1.29 is 15.1 Å². The highest BCUT2D eigenvalue weighted by molar-refractivity contribution is 5.98. The lowest BCUT2D eigenvalue weighted by Crippen LogP contribution is -1.94. The molecule has 0 saturated carbocycles. The van der Waals surface area contributed by atoms with Gasteiger partial charge in [-0.25, -0.2) is 0 Å². The van der Waals surface area contributed by atoms with Crippen LogP contribution >= 0.6 is 0 Å². The molecule has 0 bridgehead atoms. The summed E-state index contributed by atoms with van der Waals surface area (Å²) in [6.07, 6.45) is 1.58. The number of rotatable bonds is 5. The Balaban J connectivity index is 2.20. The maximum absolute atomic E-state index is 10.1. The zero-order chi connectivity index (χ0) is 15.9. The summed E-state index contributed by atoms with van der Waals surface area (Å²) in [5.41, 5.74) is 2.68. The van der Waals surface area contributed by atoms with Crippen LogP contribution in [0, 0.1) is 0 Å². The van der Waals surface area contributed by atoms with Crippen molar-refractivity contribution in [2.75, 3.05) is 6.61 Å². The van der Waals surface area contributed by atoms with Crippen molar-refractivity contribution >= 4 is 17.6 Å². The van der Waals surface area contributed by atoms with E-state index in [0.29, 0.717) is 23.6 Å². The highest BCUT2D eigenvalue weighted by Gasteiger charge is 2.05. The van der Waals surface area contributed by atoms with Crippen LogP contribution in [0.5, 0.6) is 11.5 Å². The standard InChI is InChI=1S/C17H18N2O3/c1-3-22-16-6-4-5-14(17(16)20)11-18-15-9-7-13(8-10-15)12(2)19-21/h4-11,20-21H,3H2,1-2H3/b18-11?,19-12+. The Morgan fingerprint density at radius 1 is 1.18 bits per heavy atom. The van der Waals surface area contributed by atoms with E-state index < -0.39 is 0 Å². The zero-order valence-electron chi connectivity index (χ0n) is 12.5. The molecule has 22 heavy (non-hydrogen) atoms. The smallest absolute Gasteiger partial charge is 0.166 e. The fourth-order valence-electron chi connectivity index (χ4n) is 1.91. The predicted molar refractivity (Wildman–Crippen MR) is 87.0 cm³/mol. The molecule has 0 unspecified atom stereocenters. The first-order chi connectivity index (χ1) is 10.7. The molecule has 0 radical (unpaired) electrons. The van der Waals surface area contributed by atoms with Gasteiger partial charge in [0, 0.05) is 11.8 Å². The molecule has 0 aromatic heterocycles. The lowest BCUT2D eigenvalue weighted by Gasteiger charge is -2.07. The van der Waals surface area contributed by atoms with E-state index in [0.717, 1.165) is 11.3 Å². The van der Waals surface area contributed by atoms with Crippen molar-refractivity contribution in [1.82, 2.24) is 0 Å². The highest BCUT2D eigenvalue weighted by atomic mass is 16.5. The normalized spacial score (nSPS) is 11.8. The molecule has 114 valence electrons. The number of phenols is 1. The number of ether oxygens (including phenoxy) is 1. The number of benzene rings is 2. The van der Waals surface area contributed by atoms with Crippen molar-refractivity contribution in [2.24, 2.45) is 10.1 Å². The van der Waals surface area contributed by atoms with Crippen LogP contribution in [0.2, 0.25) is 0 Å². The molecule has 5 heteroatoms. The van der Waals surface area contributed by atoms with Gasteiger partial charge >= 0.3 is 0 Å². The molecule has 0 spiro atoms. The molecular formula is C17H18N2O3. The van der Waals surface area contributed by atoms with E-state index in [2.05, 4.69) is 10.1 Å². The van der Waals surface area contributed by atoms with Gasteiger partial charge in [0.15, 0.2) is 11.5 Å². The van der Waals surface area contributed by atoms with Crippen molar-refractivity contribution in [3.63, 3.8) is 0 Å². The SMILES string of the molecule is CCOc1cccc(C=Nc2ccc(/C(C)=N/O)cc2)c1O. The molecule has 0 atom stereocenters. The summed E-state index contributed by atoms with van der Waals surface area (Å²) < 4.78 is 5.34. The number of para-hydroxylation sites is 1. The molecular weight excluding hydrogens is 280 g/mol. The molecule has 0 aliphatic carbocycles. The van der Waals surface area contributed by atoms with E-state index in [1.165, 1.54) is 0 Å². The first-order valence-corrected chi connectivity index (χ1v) is 6.93. The number of hydrogen-bond acceptors (Lipinski definition) is 5. The molecule has 0 heterocycles. The lowest BCUT2D eigenvalue weighted by atomic mass is 10.1. The number of aliphatic imine (C=N–C) groups is 1. The van der Waals surface area contributed by atoms with Gasteiger partial charge in [-0.3, -0.25) is 4.99 Å². The maximum atomic E-state index is 10.1. The van der Waals surface area contributed by atoms with Gasteiger partial charge in [0.25, 0.3) is 0 Å². The number of phenolic OH excluding ortho intramolecular Hbond substituents is 1. The van der Waals surface area contributed by atoms with Crippen LogP contribution in [0.1, 0.15) is 25.0 Å². The predicted octanol–water partition coefficient (Wildman–Crippen LogP) is 3.74. The first-order valence-electron chi connectivity index (χ1n) is 6.93. The number of aromatic hydroxyl groups is 1. The van der Waals surface area contributed by atoms with Gasteiger partial charge in [-0.15, -0.1) is 0 Å². The van der Waals surface area contributed by atoms with Gasteiger partial charge in [-0.05, 0) is 43.7 Å². The second-order valence-corrected chi connectivity index (χ2v) is 4.62. The van der Waals surface area contributed by atoms with E-state index in [1.807, 2.05) is 31.2 Å². The summed E-state index contributed by atoms with van der Waals surface area (Å²) in [5, 5.41) is 22.0.